The van der Waals surface area contributed by atoms with Gasteiger partial charge in [0.25, 0.3) is 11.6 Å². The van der Waals surface area contributed by atoms with Crippen LogP contribution in [0.25, 0.3) is 22.8 Å². The molecule has 0 radical (unpaired) electrons. The van der Waals surface area contributed by atoms with Crippen molar-refractivity contribution < 1.29 is 27.3 Å². The highest BCUT2D eigenvalue weighted by Gasteiger charge is 2.31. The van der Waals surface area contributed by atoms with Crippen LogP contribution in [-0.4, -0.2) is 71.9 Å². The summed E-state index contributed by atoms with van der Waals surface area (Å²) in [7, 11) is 2.04. The molecule has 3 aromatic rings. The van der Waals surface area contributed by atoms with Crippen LogP contribution in [0.4, 0.5) is 18.9 Å². The molecule has 1 aromatic heterocycles. The molecule has 1 N–H and O–H groups in total. The van der Waals surface area contributed by atoms with Gasteiger partial charge >= 0.3 is 6.18 Å². The molecule has 1 fully saturated rings. The number of nitrogens with zero attached hydrogens (tertiary/aromatic N) is 4. The van der Waals surface area contributed by atoms with E-state index < -0.39 is 22.6 Å². The maximum Gasteiger partial charge on any atom is 0.416 e. The molecule has 9 nitrogen and oxygen atoms in total. The quantitative estimate of drug-likeness (QED) is 0.385. The zero-order chi connectivity index (χ0) is 25.9. The van der Waals surface area contributed by atoms with Gasteiger partial charge in [0.05, 0.1) is 16.1 Å². The van der Waals surface area contributed by atoms with Crippen molar-refractivity contribution in [3.63, 3.8) is 0 Å². The molecule has 12 heteroatoms. The van der Waals surface area contributed by atoms with Crippen molar-refractivity contribution in [2.45, 2.75) is 6.18 Å². The standard InChI is InChI=1S/C24H24F3N5O4/c1-30-12-14-31(15-13-30)11-10-28-22(33)20-21(18-4-2-3-5-19(18)32(34)35)36-23(29-20)16-6-8-17(9-7-16)24(25,26)27/h2-9H,10-15H2,1H3,(H,28,33). The van der Waals surface area contributed by atoms with Crippen molar-refractivity contribution >= 4 is 11.6 Å². The van der Waals surface area contributed by atoms with Gasteiger partial charge in [0.2, 0.25) is 5.89 Å². The van der Waals surface area contributed by atoms with E-state index in [1.54, 1.807) is 6.07 Å². The van der Waals surface area contributed by atoms with Crippen LogP contribution in [0.5, 0.6) is 0 Å². The van der Waals surface area contributed by atoms with Crippen LogP contribution in [0.15, 0.2) is 52.9 Å². The number of nitro groups is 1. The Bertz CT molecular complexity index is 1240. The number of halogens is 3. The highest BCUT2D eigenvalue weighted by atomic mass is 19.4. The summed E-state index contributed by atoms with van der Waals surface area (Å²) in [5.74, 6) is -0.852. The van der Waals surface area contributed by atoms with E-state index in [4.69, 9.17) is 4.42 Å². The lowest BCUT2D eigenvalue weighted by molar-refractivity contribution is -0.384. The lowest BCUT2D eigenvalue weighted by Gasteiger charge is -2.32. The zero-order valence-corrected chi connectivity index (χ0v) is 19.4. The molecule has 2 aromatic carbocycles. The minimum atomic E-state index is -4.51. The summed E-state index contributed by atoms with van der Waals surface area (Å²) in [5, 5.41) is 14.4. The van der Waals surface area contributed by atoms with Crippen molar-refractivity contribution in [1.82, 2.24) is 20.1 Å². The number of hydrogen-bond donors (Lipinski definition) is 1. The number of aromatic nitrogens is 1. The third-order valence-electron chi connectivity index (χ3n) is 5.96. The van der Waals surface area contributed by atoms with Crippen LogP contribution >= 0.6 is 0 Å². The summed E-state index contributed by atoms with van der Waals surface area (Å²) >= 11 is 0. The molecule has 2 heterocycles. The number of benzene rings is 2. The lowest BCUT2D eigenvalue weighted by atomic mass is 10.1. The van der Waals surface area contributed by atoms with Gasteiger partial charge in [0.1, 0.15) is 0 Å². The maximum atomic E-state index is 13.1. The Morgan fingerprint density at radius 2 is 1.78 bits per heavy atom. The first kappa shape index (κ1) is 25.3. The lowest BCUT2D eigenvalue weighted by Crippen LogP contribution is -2.46. The molecule has 1 saturated heterocycles. The van der Waals surface area contributed by atoms with Gasteiger partial charge in [-0.15, -0.1) is 0 Å². The Morgan fingerprint density at radius 1 is 1.11 bits per heavy atom. The van der Waals surface area contributed by atoms with Crippen LogP contribution in [-0.2, 0) is 6.18 Å². The summed E-state index contributed by atoms with van der Waals surface area (Å²) in [5.41, 5.74) is -1.09. The van der Waals surface area contributed by atoms with Gasteiger partial charge in [-0.2, -0.15) is 13.2 Å². The van der Waals surface area contributed by atoms with Gasteiger partial charge in [-0.05, 0) is 37.4 Å². The number of likely N-dealkylation sites (N-methyl/N-ethyl adjacent to an activating group) is 1. The van der Waals surface area contributed by atoms with Crippen LogP contribution in [0.2, 0.25) is 0 Å². The normalized spacial score (nSPS) is 15.1. The van der Waals surface area contributed by atoms with Crippen molar-refractivity contribution in [3.05, 3.63) is 69.9 Å². The number of hydrogen-bond acceptors (Lipinski definition) is 7. The van der Waals surface area contributed by atoms with Crippen molar-refractivity contribution in [2.75, 3.05) is 46.3 Å². The fourth-order valence-corrected chi connectivity index (χ4v) is 3.89. The van der Waals surface area contributed by atoms with Crippen molar-refractivity contribution in [3.8, 4) is 22.8 Å². The third-order valence-corrected chi connectivity index (χ3v) is 5.96. The van der Waals surface area contributed by atoms with Crippen molar-refractivity contribution in [2.24, 2.45) is 0 Å². The van der Waals surface area contributed by atoms with E-state index in [1.807, 2.05) is 7.05 Å². The molecular weight excluding hydrogens is 479 g/mol. The predicted octanol–water partition coefficient (Wildman–Crippen LogP) is 3.91. The molecule has 1 amide bonds. The van der Waals surface area contributed by atoms with Gasteiger partial charge in [-0.3, -0.25) is 19.8 Å². The molecule has 0 aliphatic carbocycles. The fourth-order valence-electron chi connectivity index (χ4n) is 3.89. The number of piperazine rings is 1. The first-order valence-electron chi connectivity index (χ1n) is 11.2. The van der Waals surface area contributed by atoms with Gasteiger partial charge in [-0.1, -0.05) is 12.1 Å². The Labute approximate surface area is 204 Å². The van der Waals surface area contributed by atoms with Gasteiger partial charge in [-0.25, -0.2) is 4.98 Å². The van der Waals surface area contributed by atoms with E-state index in [0.29, 0.717) is 13.1 Å². The van der Waals surface area contributed by atoms with Crippen LogP contribution < -0.4 is 5.32 Å². The van der Waals surface area contributed by atoms with Crippen LogP contribution in [0.3, 0.4) is 0 Å². The number of rotatable bonds is 7. The summed E-state index contributed by atoms with van der Waals surface area (Å²) in [6.45, 7) is 4.53. The topological polar surface area (TPSA) is 105 Å². The van der Waals surface area contributed by atoms with Gasteiger partial charge < -0.3 is 14.6 Å². The van der Waals surface area contributed by atoms with E-state index in [-0.39, 0.29) is 34.2 Å². The first-order valence-corrected chi connectivity index (χ1v) is 11.2. The van der Waals surface area contributed by atoms with E-state index in [1.165, 1.54) is 30.3 Å². The molecule has 1 aliphatic rings. The maximum absolute atomic E-state index is 13.1. The SMILES string of the molecule is CN1CCN(CCNC(=O)c2nc(-c3ccc(C(F)(F)F)cc3)oc2-c2ccccc2[N+](=O)[O-])CC1. The Morgan fingerprint density at radius 3 is 2.42 bits per heavy atom. The number of carbonyl (C=O) groups is 1. The average molecular weight is 503 g/mol. The highest BCUT2D eigenvalue weighted by molar-refractivity contribution is 5.99. The number of oxazole rings is 1. The zero-order valence-electron chi connectivity index (χ0n) is 19.4. The minimum Gasteiger partial charge on any atom is -0.435 e. The van der Waals surface area contributed by atoms with Gasteiger partial charge in [0.15, 0.2) is 11.5 Å². The fraction of sp³-hybridized carbons (Fsp3) is 0.333. The molecule has 1 aliphatic heterocycles. The largest absolute Gasteiger partial charge is 0.435 e. The summed E-state index contributed by atoms with van der Waals surface area (Å²) < 4.78 is 44.6. The molecular formula is C24H24F3N5O4. The minimum absolute atomic E-state index is 0.0392. The number of para-hydroxylation sites is 1. The van der Waals surface area contributed by atoms with Crippen molar-refractivity contribution in [1.29, 1.82) is 0 Å². The third kappa shape index (κ3) is 5.71. The summed E-state index contributed by atoms with van der Waals surface area (Å²) in [6, 6.07) is 9.82. The molecule has 0 bridgehead atoms. The molecule has 36 heavy (non-hydrogen) atoms. The average Bonchev–Trinajstić information content (AvgIpc) is 3.30. The first-order chi connectivity index (χ1) is 17.1. The van der Waals surface area contributed by atoms with Crippen LogP contribution in [0, 0.1) is 10.1 Å². The predicted molar refractivity (Wildman–Crippen MR) is 125 cm³/mol. The second-order valence-corrected chi connectivity index (χ2v) is 8.45. The van der Waals surface area contributed by atoms with E-state index >= 15 is 0 Å². The number of carbonyl (C=O) groups excluding carboxylic acids is 1. The molecule has 0 saturated carbocycles. The van der Waals surface area contributed by atoms with Gasteiger partial charge in [0, 0.05) is 50.9 Å². The molecule has 0 spiro atoms. The number of nitro benzene ring substituents is 1. The molecule has 0 atom stereocenters. The molecule has 0 unspecified atom stereocenters. The Hall–Kier alpha value is -3.77. The Balaban J connectivity index is 1.62. The monoisotopic (exact) mass is 503 g/mol. The smallest absolute Gasteiger partial charge is 0.416 e. The number of amides is 1. The van der Waals surface area contributed by atoms with E-state index in [0.717, 1.165) is 38.3 Å². The van der Waals surface area contributed by atoms with E-state index in [9.17, 15) is 28.1 Å². The second-order valence-electron chi connectivity index (χ2n) is 8.45. The van der Waals surface area contributed by atoms with Crippen LogP contribution in [0.1, 0.15) is 16.1 Å². The number of alkyl halides is 3. The molecule has 190 valence electrons. The van der Waals surface area contributed by atoms with E-state index in [2.05, 4.69) is 20.1 Å². The molecule has 4 rings (SSSR count). The number of nitrogens with one attached hydrogen (secondary N) is 1. The summed E-state index contributed by atoms with van der Waals surface area (Å²) in [6.07, 6.45) is -4.51. The second kappa shape index (κ2) is 10.5. The highest BCUT2D eigenvalue weighted by Crippen LogP contribution is 2.36. The summed E-state index contributed by atoms with van der Waals surface area (Å²) in [4.78, 5) is 32.7. The Kier molecular flexibility index (Phi) is 7.36.